The Morgan fingerprint density at radius 2 is 1.96 bits per heavy atom. The molecule has 154 valence electrons. The standard InChI is InChI=1S/C21H38N4O2/c1-7-22-21(23-11-12-25(8-2)17(3)4)24-16-19-10-9-18(5)15-20(19)27-14-13-26-6/h9-10,15,17H,7-8,11-14,16H2,1-6H3,(H2,22,23,24). The lowest BCUT2D eigenvalue weighted by Gasteiger charge is -2.25. The lowest BCUT2D eigenvalue weighted by atomic mass is 10.1. The van der Waals surface area contributed by atoms with E-state index in [1.165, 1.54) is 5.56 Å². The van der Waals surface area contributed by atoms with Crippen molar-refractivity contribution < 1.29 is 9.47 Å². The smallest absolute Gasteiger partial charge is 0.191 e. The number of nitrogens with one attached hydrogen (secondary N) is 2. The maximum Gasteiger partial charge on any atom is 0.191 e. The number of aliphatic imine (C=N–C) groups is 1. The van der Waals surface area contributed by atoms with E-state index in [0.29, 0.717) is 25.8 Å². The number of likely N-dealkylation sites (N-methyl/N-ethyl adjacent to an activating group) is 1. The van der Waals surface area contributed by atoms with Crippen LogP contribution in [0.25, 0.3) is 0 Å². The maximum absolute atomic E-state index is 5.86. The van der Waals surface area contributed by atoms with E-state index in [1.54, 1.807) is 7.11 Å². The molecule has 0 saturated carbocycles. The zero-order valence-corrected chi connectivity index (χ0v) is 18.0. The second kappa shape index (κ2) is 13.4. The summed E-state index contributed by atoms with van der Waals surface area (Å²) in [7, 11) is 1.68. The van der Waals surface area contributed by atoms with Crippen LogP contribution in [0.2, 0.25) is 0 Å². The highest BCUT2D eigenvalue weighted by atomic mass is 16.5. The molecule has 1 rings (SSSR count). The molecule has 0 aromatic heterocycles. The molecule has 0 spiro atoms. The van der Waals surface area contributed by atoms with Gasteiger partial charge in [0.2, 0.25) is 0 Å². The molecule has 0 atom stereocenters. The Morgan fingerprint density at radius 1 is 1.19 bits per heavy atom. The fourth-order valence-corrected chi connectivity index (χ4v) is 2.77. The van der Waals surface area contributed by atoms with Crippen LogP contribution in [0, 0.1) is 6.92 Å². The van der Waals surface area contributed by atoms with Crippen molar-refractivity contribution in [2.24, 2.45) is 4.99 Å². The minimum Gasteiger partial charge on any atom is -0.491 e. The van der Waals surface area contributed by atoms with E-state index in [4.69, 9.17) is 14.5 Å². The average Bonchev–Trinajstić information content (AvgIpc) is 2.64. The Hall–Kier alpha value is -1.79. The number of hydrogen-bond donors (Lipinski definition) is 2. The lowest BCUT2D eigenvalue weighted by Crippen LogP contribution is -2.43. The predicted molar refractivity (Wildman–Crippen MR) is 114 cm³/mol. The monoisotopic (exact) mass is 378 g/mol. The summed E-state index contributed by atoms with van der Waals surface area (Å²) < 4.78 is 10.9. The van der Waals surface area contributed by atoms with Crippen molar-refractivity contribution in [1.29, 1.82) is 0 Å². The van der Waals surface area contributed by atoms with E-state index in [2.05, 4.69) is 68.4 Å². The molecule has 0 amide bonds. The van der Waals surface area contributed by atoms with Crippen molar-refractivity contribution in [3.05, 3.63) is 29.3 Å². The van der Waals surface area contributed by atoms with Crippen molar-refractivity contribution in [2.75, 3.05) is 46.5 Å². The number of rotatable bonds is 12. The first kappa shape index (κ1) is 23.2. The van der Waals surface area contributed by atoms with Gasteiger partial charge in [-0.05, 0) is 45.9 Å². The molecule has 0 saturated heterocycles. The molecule has 2 N–H and O–H groups in total. The highest BCUT2D eigenvalue weighted by Crippen LogP contribution is 2.21. The topological polar surface area (TPSA) is 58.1 Å². The fourth-order valence-electron chi connectivity index (χ4n) is 2.77. The molecule has 6 nitrogen and oxygen atoms in total. The van der Waals surface area contributed by atoms with Crippen molar-refractivity contribution in [3.63, 3.8) is 0 Å². The second-order valence-electron chi connectivity index (χ2n) is 6.80. The van der Waals surface area contributed by atoms with Gasteiger partial charge in [0.25, 0.3) is 0 Å². The maximum atomic E-state index is 5.86. The molecule has 0 bridgehead atoms. The van der Waals surface area contributed by atoms with Crippen LogP contribution in [0.4, 0.5) is 0 Å². The number of hydrogen-bond acceptors (Lipinski definition) is 4. The Bertz CT molecular complexity index is 561. The summed E-state index contributed by atoms with van der Waals surface area (Å²) in [6, 6.07) is 6.79. The first-order valence-corrected chi connectivity index (χ1v) is 9.99. The quantitative estimate of drug-likeness (QED) is 0.333. The second-order valence-corrected chi connectivity index (χ2v) is 6.80. The Labute approximate surface area is 165 Å². The summed E-state index contributed by atoms with van der Waals surface area (Å²) in [5, 5.41) is 6.75. The van der Waals surface area contributed by atoms with E-state index < -0.39 is 0 Å². The van der Waals surface area contributed by atoms with Gasteiger partial charge < -0.3 is 20.1 Å². The van der Waals surface area contributed by atoms with E-state index in [9.17, 15) is 0 Å². The molecule has 0 aliphatic carbocycles. The molecule has 0 aliphatic rings. The largest absolute Gasteiger partial charge is 0.491 e. The number of aryl methyl sites for hydroxylation is 1. The Balaban J connectivity index is 2.71. The fraction of sp³-hybridized carbons (Fsp3) is 0.667. The molecule has 0 heterocycles. The van der Waals surface area contributed by atoms with Crippen molar-refractivity contribution in [2.45, 2.75) is 47.2 Å². The van der Waals surface area contributed by atoms with Crippen molar-refractivity contribution in [1.82, 2.24) is 15.5 Å². The van der Waals surface area contributed by atoms with Gasteiger partial charge in [-0.3, -0.25) is 4.90 Å². The van der Waals surface area contributed by atoms with Crippen molar-refractivity contribution in [3.8, 4) is 5.75 Å². The average molecular weight is 379 g/mol. The first-order chi connectivity index (χ1) is 13.0. The number of guanidine groups is 1. The summed E-state index contributed by atoms with van der Waals surface area (Å²) in [6.07, 6.45) is 0. The minimum absolute atomic E-state index is 0.539. The zero-order chi connectivity index (χ0) is 20.1. The molecule has 6 heteroatoms. The molecular formula is C21H38N4O2. The first-order valence-electron chi connectivity index (χ1n) is 9.99. The molecule has 0 fully saturated rings. The number of benzene rings is 1. The Kier molecular flexibility index (Phi) is 11.5. The zero-order valence-electron chi connectivity index (χ0n) is 18.0. The number of ether oxygens (including phenoxy) is 2. The summed E-state index contributed by atoms with van der Waals surface area (Å²) in [5.74, 6) is 1.71. The van der Waals surface area contributed by atoms with E-state index in [0.717, 1.165) is 43.5 Å². The van der Waals surface area contributed by atoms with Crippen molar-refractivity contribution >= 4 is 5.96 Å². The number of nitrogens with zero attached hydrogens (tertiary/aromatic N) is 2. The van der Waals surface area contributed by atoms with Crippen LogP contribution in [0.5, 0.6) is 5.75 Å². The van der Waals surface area contributed by atoms with Gasteiger partial charge in [-0.1, -0.05) is 19.1 Å². The van der Waals surface area contributed by atoms with Crippen LogP contribution in [-0.4, -0.2) is 63.4 Å². The lowest BCUT2D eigenvalue weighted by molar-refractivity contribution is 0.145. The van der Waals surface area contributed by atoms with E-state index >= 15 is 0 Å². The van der Waals surface area contributed by atoms with Crippen LogP contribution < -0.4 is 15.4 Å². The van der Waals surface area contributed by atoms with Gasteiger partial charge in [-0.15, -0.1) is 0 Å². The molecule has 27 heavy (non-hydrogen) atoms. The molecule has 1 aromatic rings. The third-order valence-electron chi connectivity index (χ3n) is 4.35. The van der Waals surface area contributed by atoms with Gasteiger partial charge in [-0.25, -0.2) is 4.99 Å². The Morgan fingerprint density at radius 3 is 2.59 bits per heavy atom. The highest BCUT2D eigenvalue weighted by Gasteiger charge is 2.08. The molecule has 0 aliphatic heterocycles. The minimum atomic E-state index is 0.539. The molecule has 0 unspecified atom stereocenters. The van der Waals surface area contributed by atoms with Gasteiger partial charge in [0.05, 0.1) is 13.2 Å². The van der Waals surface area contributed by atoms with Gasteiger partial charge in [0.15, 0.2) is 5.96 Å². The summed E-state index contributed by atoms with van der Waals surface area (Å²) in [5.41, 5.74) is 2.25. The van der Waals surface area contributed by atoms with Gasteiger partial charge in [-0.2, -0.15) is 0 Å². The van der Waals surface area contributed by atoms with Crippen LogP contribution in [0.15, 0.2) is 23.2 Å². The number of methoxy groups -OCH3 is 1. The van der Waals surface area contributed by atoms with E-state index in [1.807, 2.05) is 0 Å². The van der Waals surface area contributed by atoms with Crippen LogP contribution >= 0.6 is 0 Å². The highest BCUT2D eigenvalue weighted by molar-refractivity contribution is 5.79. The summed E-state index contributed by atoms with van der Waals surface area (Å²) in [6.45, 7) is 16.2. The van der Waals surface area contributed by atoms with Gasteiger partial charge in [0.1, 0.15) is 12.4 Å². The van der Waals surface area contributed by atoms with Crippen LogP contribution in [-0.2, 0) is 11.3 Å². The molecular weight excluding hydrogens is 340 g/mol. The van der Waals surface area contributed by atoms with Gasteiger partial charge >= 0.3 is 0 Å². The predicted octanol–water partition coefficient (Wildman–Crippen LogP) is 2.81. The third-order valence-corrected chi connectivity index (χ3v) is 4.35. The van der Waals surface area contributed by atoms with Crippen LogP contribution in [0.1, 0.15) is 38.8 Å². The van der Waals surface area contributed by atoms with Gasteiger partial charge in [0, 0.05) is 38.3 Å². The summed E-state index contributed by atoms with van der Waals surface area (Å²) in [4.78, 5) is 7.16. The SMILES string of the molecule is CCNC(=NCc1ccc(C)cc1OCCOC)NCCN(CC)C(C)C. The van der Waals surface area contributed by atoms with E-state index in [-0.39, 0.29) is 0 Å². The summed E-state index contributed by atoms with van der Waals surface area (Å²) >= 11 is 0. The normalized spacial score (nSPS) is 11.9. The van der Waals surface area contributed by atoms with Crippen LogP contribution in [0.3, 0.4) is 0 Å². The third kappa shape index (κ3) is 9.11. The molecule has 1 aromatic carbocycles. The molecule has 0 radical (unpaired) electrons.